The zero-order valence-electron chi connectivity index (χ0n) is 14.6. The van der Waals surface area contributed by atoms with Crippen LogP contribution >= 0.6 is 0 Å². The van der Waals surface area contributed by atoms with E-state index in [1.807, 2.05) is 0 Å². The van der Waals surface area contributed by atoms with E-state index in [1.165, 1.54) is 12.1 Å². The molecule has 1 N–H and O–H groups in total. The van der Waals surface area contributed by atoms with Crippen LogP contribution in [0.5, 0.6) is 0 Å². The monoisotopic (exact) mass is 362 g/mol. The molecule has 3 rings (SSSR count). The number of carbonyl (C=O) groups is 3. The molecule has 26 heavy (non-hydrogen) atoms. The van der Waals surface area contributed by atoms with Crippen LogP contribution in [0.15, 0.2) is 24.3 Å². The third kappa shape index (κ3) is 3.86. The van der Waals surface area contributed by atoms with Crippen LogP contribution in [0.25, 0.3) is 0 Å². The van der Waals surface area contributed by atoms with Gasteiger partial charge in [-0.25, -0.2) is 4.39 Å². The molecular weight excluding hydrogens is 339 g/mol. The average molecular weight is 362 g/mol. The molecule has 2 aliphatic heterocycles. The van der Waals surface area contributed by atoms with E-state index >= 15 is 0 Å². The fraction of sp³-hybridized carbons (Fsp3) is 0.526. The number of carbonyl (C=O) groups excluding carboxylic acids is 2. The minimum Gasteiger partial charge on any atom is -0.481 e. The van der Waals surface area contributed by atoms with E-state index in [-0.39, 0.29) is 29.2 Å². The molecule has 1 aromatic rings. The lowest BCUT2D eigenvalue weighted by atomic mass is 9.92. The van der Waals surface area contributed by atoms with E-state index in [0.717, 1.165) is 0 Å². The molecule has 0 saturated carbocycles. The summed E-state index contributed by atoms with van der Waals surface area (Å²) in [5.74, 6) is -2.13. The maximum Gasteiger partial charge on any atom is 0.306 e. The van der Waals surface area contributed by atoms with E-state index in [4.69, 9.17) is 5.11 Å². The van der Waals surface area contributed by atoms with Gasteiger partial charge in [-0.15, -0.1) is 0 Å². The number of halogens is 1. The number of piperidine rings is 2. The minimum absolute atomic E-state index is 0.0480. The van der Waals surface area contributed by atoms with Crippen molar-refractivity contribution in [2.45, 2.75) is 25.7 Å². The highest BCUT2D eigenvalue weighted by atomic mass is 19.1. The molecule has 0 bridgehead atoms. The second kappa shape index (κ2) is 7.85. The molecule has 2 heterocycles. The highest BCUT2D eigenvalue weighted by molar-refractivity contribution is 5.94. The Bertz CT molecular complexity index is 693. The first-order valence-electron chi connectivity index (χ1n) is 9.02. The van der Waals surface area contributed by atoms with Crippen molar-refractivity contribution in [1.29, 1.82) is 0 Å². The van der Waals surface area contributed by atoms with Crippen molar-refractivity contribution in [2.75, 3.05) is 26.2 Å². The molecule has 6 nitrogen and oxygen atoms in total. The van der Waals surface area contributed by atoms with Gasteiger partial charge in [0.2, 0.25) is 5.91 Å². The van der Waals surface area contributed by atoms with Crippen LogP contribution in [0.3, 0.4) is 0 Å². The lowest BCUT2D eigenvalue weighted by Crippen LogP contribution is -2.47. The molecule has 0 radical (unpaired) electrons. The van der Waals surface area contributed by atoms with Gasteiger partial charge in [0.05, 0.1) is 11.5 Å². The summed E-state index contributed by atoms with van der Waals surface area (Å²) >= 11 is 0. The van der Waals surface area contributed by atoms with Crippen LogP contribution in [0.2, 0.25) is 0 Å². The minimum atomic E-state index is -0.794. The predicted molar refractivity (Wildman–Crippen MR) is 92.0 cm³/mol. The zero-order chi connectivity index (χ0) is 18.7. The Balaban J connectivity index is 1.52. The van der Waals surface area contributed by atoms with Crippen molar-refractivity contribution in [3.63, 3.8) is 0 Å². The summed E-state index contributed by atoms with van der Waals surface area (Å²) in [5.41, 5.74) is 0.0630. The quantitative estimate of drug-likeness (QED) is 0.892. The lowest BCUT2D eigenvalue weighted by Gasteiger charge is -2.36. The highest BCUT2D eigenvalue weighted by Gasteiger charge is 2.33. The fourth-order valence-electron chi connectivity index (χ4n) is 3.74. The van der Waals surface area contributed by atoms with Crippen molar-refractivity contribution in [1.82, 2.24) is 9.80 Å². The molecule has 0 spiro atoms. The Morgan fingerprint density at radius 3 is 2.00 bits per heavy atom. The summed E-state index contributed by atoms with van der Waals surface area (Å²) in [6.07, 6.45) is 2.09. The van der Waals surface area contributed by atoms with E-state index in [9.17, 15) is 18.8 Å². The van der Waals surface area contributed by atoms with Gasteiger partial charge in [0.15, 0.2) is 0 Å². The standard InChI is InChI=1S/C19H23FN2O4/c20-16-4-2-1-3-15(16)18(24)22-9-5-13(6-10-22)17(23)21-11-7-14(8-12-21)19(25)26/h1-4,13-14H,5-12H2,(H,25,26). The topological polar surface area (TPSA) is 77.9 Å². The number of rotatable bonds is 3. The van der Waals surface area contributed by atoms with Crippen LogP contribution < -0.4 is 0 Å². The molecule has 0 atom stereocenters. The predicted octanol–water partition coefficient (Wildman–Crippen LogP) is 2.00. The summed E-state index contributed by atoms with van der Waals surface area (Å²) in [5, 5.41) is 9.04. The first-order valence-corrected chi connectivity index (χ1v) is 9.02. The lowest BCUT2D eigenvalue weighted by molar-refractivity contribution is -0.147. The van der Waals surface area contributed by atoms with Crippen molar-refractivity contribution in [3.8, 4) is 0 Å². The maximum atomic E-state index is 13.8. The Kier molecular flexibility index (Phi) is 5.54. The van der Waals surface area contributed by atoms with Gasteiger partial charge in [-0.1, -0.05) is 12.1 Å². The zero-order valence-corrected chi connectivity index (χ0v) is 14.6. The number of likely N-dealkylation sites (tertiary alicyclic amines) is 2. The van der Waals surface area contributed by atoms with Gasteiger partial charge in [0.1, 0.15) is 5.82 Å². The third-order valence-corrected chi connectivity index (χ3v) is 5.39. The SMILES string of the molecule is O=C(O)C1CCN(C(=O)C2CCN(C(=O)c3ccccc3F)CC2)CC1. The number of carboxylic acid groups (broad SMARTS) is 1. The molecule has 7 heteroatoms. The number of aliphatic carboxylic acids is 1. The number of benzene rings is 1. The number of hydrogen-bond acceptors (Lipinski definition) is 3. The smallest absolute Gasteiger partial charge is 0.306 e. The van der Waals surface area contributed by atoms with Crippen LogP contribution in [0, 0.1) is 17.7 Å². The molecule has 2 fully saturated rings. The van der Waals surface area contributed by atoms with E-state index in [2.05, 4.69) is 0 Å². The fourth-order valence-corrected chi connectivity index (χ4v) is 3.74. The Morgan fingerprint density at radius 2 is 1.42 bits per heavy atom. The Labute approximate surface area is 151 Å². The molecule has 1 aromatic carbocycles. The van der Waals surface area contributed by atoms with Crippen molar-refractivity contribution >= 4 is 17.8 Å². The molecular formula is C19H23FN2O4. The van der Waals surface area contributed by atoms with Gasteiger partial charge in [-0.05, 0) is 37.8 Å². The van der Waals surface area contributed by atoms with Crippen molar-refractivity contribution < 1.29 is 23.9 Å². The molecule has 2 aliphatic rings. The molecule has 0 aromatic heterocycles. The van der Waals surface area contributed by atoms with Gasteiger partial charge in [-0.2, -0.15) is 0 Å². The molecule has 0 unspecified atom stereocenters. The van der Waals surface area contributed by atoms with E-state index < -0.39 is 11.8 Å². The molecule has 2 saturated heterocycles. The largest absolute Gasteiger partial charge is 0.481 e. The average Bonchev–Trinajstić information content (AvgIpc) is 2.67. The van der Waals surface area contributed by atoms with Crippen molar-refractivity contribution in [2.24, 2.45) is 11.8 Å². The number of amides is 2. The van der Waals surface area contributed by atoms with Crippen LogP contribution in [-0.4, -0.2) is 58.9 Å². The van der Waals surface area contributed by atoms with Gasteiger partial charge < -0.3 is 14.9 Å². The number of hydrogen-bond donors (Lipinski definition) is 1. The Hall–Kier alpha value is -2.44. The number of carboxylic acids is 1. The first-order chi connectivity index (χ1) is 12.5. The van der Waals surface area contributed by atoms with Crippen LogP contribution in [0.1, 0.15) is 36.0 Å². The summed E-state index contributed by atoms with van der Waals surface area (Å²) < 4.78 is 13.8. The van der Waals surface area contributed by atoms with Gasteiger partial charge >= 0.3 is 5.97 Å². The normalized spacial score (nSPS) is 19.4. The molecule has 2 amide bonds. The van der Waals surface area contributed by atoms with Gasteiger partial charge in [0, 0.05) is 32.1 Å². The second-order valence-electron chi connectivity index (χ2n) is 6.98. The summed E-state index contributed by atoms with van der Waals surface area (Å²) in [7, 11) is 0. The first kappa shape index (κ1) is 18.4. The Morgan fingerprint density at radius 1 is 0.885 bits per heavy atom. The van der Waals surface area contributed by atoms with Crippen molar-refractivity contribution in [3.05, 3.63) is 35.6 Å². The molecule has 0 aliphatic carbocycles. The van der Waals surface area contributed by atoms with Crippen LogP contribution in [0.4, 0.5) is 4.39 Å². The summed E-state index contributed by atoms with van der Waals surface area (Å²) in [6, 6.07) is 5.92. The van der Waals surface area contributed by atoms with E-state index in [1.54, 1.807) is 21.9 Å². The molecule has 140 valence electrons. The summed E-state index contributed by atoms with van der Waals surface area (Å²) in [4.78, 5) is 39.4. The maximum absolute atomic E-state index is 13.8. The van der Waals surface area contributed by atoms with Gasteiger partial charge in [0.25, 0.3) is 5.91 Å². The van der Waals surface area contributed by atoms with E-state index in [0.29, 0.717) is 51.9 Å². The highest BCUT2D eigenvalue weighted by Crippen LogP contribution is 2.25. The van der Waals surface area contributed by atoms with Crippen LogP contribution in [-0.2, 0) is 9.59 Å². The summed E-state index contributed by atoms with van der Waals surface area (Å²) in [6.45, 7) is 1.80. The number of nitrogens with zero attached hydrogens (tertiary/aromatic N) is 2. The second-order valence-corrected chi connectivity index (χ2v) is 6.98. The third-order valence-electron chi connectivity index (χ3n) is 5.39. The van der Waals surface area contributed by atoms with Gasteiger partial charge in [-0.3, -0.25) is 14.4 Å².